The third-order valence-corrected chi connectivity index (χ3v) is 5.00. The molecule has 1 aliphatic rings. The van der Waals surface area contributed by atoms with Crippen LogP contribution in [0.1, 0.15) is 23.2 Å². The Bertz CT molecular complexity index is 840. The van der Waals surface area contributed by atoms with Crippen LogP contribution in [-0.2, 0) is 19.5 Å². The van der Waals surface area contributed by atoms with Crippen molar-refractivity contribution < 1.29 is 29.0 Å². The summed E-state index contributed by atoms with van der Waals surface area (Å²) in [6, 6.07) is 30.7. The van der Waals surface area contributed by atoms with Gasteiger partial charge in [-0.1, -0.05) is 12.1 Å². The van der Waals surface area contributed by atoms with Crippen molar-refractivity contribution in [2.45, 2.75) is 12.8 Å². The number of para-hydroxylation sites is 2. The van der Waals surface area contributed by atoms with Gasteiger partial charge in [-0.2, -0.15) is 5.91 Å². The van der Waals surface area contributed by atoms with Crippen molar-refractivity contribution in [3.05, 3.63) is 84.4 Å². The average Bonchev–Trinajstić information content (AvgIpc) is 3.56. The molecule has 1 N–H and O–H groups in total. The van der Waals surface area contributed by atoms with E-state index in [1.165, 1.54) is 5.69 Å². The normalized spacial score (nSPS) is 13.5. The number of hydrogen-bond acceptors (Lipinski definition) is 4. The van der Waals surface area contributed by atoms with E-state index < -0.39 is 0 Å². The van der Waals surface area contributed by atoms with Gasteiger partial charge in [0.05, 0.1) is 12.8 Å². The third kappa shape index (κ3) is 8.25. The van der Waals surface area contributed by atoms with E-state index in [1.807, 2.05) is 12.1 Å². The fourth-order valence-corrected chi connectivity index (χ4v) is 3.37. The number of nitrogens with one attached hydrogen (secondary N) is 1. The zero-order chi connectivity index (χ0) is 21.7. The Balaban J connectivity index is 0.000000534. The quantitative estimate of drug-likeness (QED) is 0.286. The minimum atomic E-state index is -0.145. The zero-order valence-corrected chi connectivity index (χ0v) is 19.8. The fourth-order valence-electron chi connectivity index (χ4n) is 3.37. The van der Waals surface area contributed by atoms with Crippen LogP contribution >= 0.6 is 0 Å². The Labute approximate surface area is 204 Å². The summed E-state index contributed by atoms with van der Waals surface area (Å²) in [5.74, 6) is 0.791. The molecule has 0 atom stereocenters. The van der Waals surface area contributed by atoms with Crippen LogP contribution in [0, 0.1) is 48.5 Å². The first kappa shape index (κ1) is 25.8. The van der Waals surface area contributed by atoms with E-state index in [0.29, 0.717) is 12.1 Å². The van der Waals surface area contributed by atoms with E-state index in [2.05, 4.69) is 75.8 Å². The number of benzene rings is 1. The first-order chi connectivity index (χ1) is 15.3. The van der Waals surface area contributed by atoms with E-state index >= 15 is 0 Å². The molecule has 174 valence electrons. The minimum Gasteiger partial charge on any atom is -0.999 e. The predicted octanol–water partition coefficient (Wildman–Crippen LogP) is 2.55. The summed E-state index contributed by atoms with van der Waals surface area (Å²) < 4.78 is 5.47. The van der Waals surface area contributed by atoms with Crippen LogP contribution in [0.25, 0.3) is 0 Å². The van der Waals surface area contributed by atoms with Crippen LogP contribution < -0.4 is 15.0 Å². The van der Waals surface area contributed by atoms with Crippen molar-refractivity contribution in [2.75, 3.05) is 51.3 Å². The predicted molar refractivity (Wildman–Crippen MR) is 118 cm³/mol. The van der Waals surface area contributed by atoms with Crippen LogP contribution in [-0.4, -0.2) is 57.2 Å². The number of amides is 1. The molecule has 0 radical (unpaired) electrons. The second-order valence-corrected chi connectivity index (χ2v) is 7.02. The molecular formula is C26H25N3O2Ru-10. The van der Waals surface area contributed by atoms with Gasteiger partial charge < -0.3 is 79.9 Å². The Kier molecular flexibility index (Phi) is 11.8. The van der Waals surface area contributed by atoms with Crippen molar-refractivity contribution in [3.8, 4) is 5.75 Å². The maximum Gasteiger partial charge on any atom is 0.142 e. The van der Waals surface area contributed by atoms with Crippen LogP contribution in [0.3, 0.4) is 0 Å². The van der Waals surface area contributed by atoms with Gasteiger partial charge in [0.15, 0.2) is 0 Å². The summed E-state index contributed by atoms with van der Waals surface area (Å²) in [6.07, 6.45) is 2.04. The van der Waals surface area contributed by atoms with Crippen LogP contribution in [0.2, 0.25) is 0 Å². The van der Waals surface area contributed by atoms with Crippen LogP contribution in [0.4, 0.5) is 5.69 Å². The number of piperazine rings is 1. The molecular weight excluding hydrogens is 487 g/mol. The van der Waals surface area contributed by atoms with Gasteiger partial charge in [-0.15, -0.1) is 0 Å². The molecule has 1 heterocycles. The second kappa shape index (κ2) is 14.6. The maximum atomic E-state index is 11.8. The fraction of sp³-hybridized carbons (Fsp3) is 0.346. The number of hydrogen-bond donors (Lipinski definition) is 1. The molecule has 0 aromatic heterocycles. The molecule has 0 bridgehead atoms. The summed E-state index contributed by atoms with van der Waals surface area (Å²) >= 11 is 0. The van der Waals surface area contributed by atoms with Gasteiger partial charge in [0.2, 0.25) is 0 Å². The number of carbonyl (C=O) groups is 1. The van der Waals surface area contributed by atoms with Gasteiger partial charge in [0, 0.05) is 45.7 Å². The third-order valence-electron chi connectivity index (χ3n) is 5.00. The van der Waals surface area contributed by atoms with Gasteiger partial charge in [-0.3, -0.25) is 4.90 Å². The van der Waals surface area contributed by atoms with Gasteiger partial charge in [-0.25, -0.2) is 0 Å². The summed E-state index contributed by atoms with van der Waals surface area (Å²) in [4.78, 5) is 16.6. The molecule has 0 aliphatic carbocycles. The van der Waals surface area contributed by atoms with E-state index in [-0.39, 0.29) is 25.4 Å². The van der Waals surface area contributed by atoms with E-state index in [9.17, 15) is 4.79 Å². The molecule has 6 heteroatoms. The summed E-state index contributed by atoms with van der Waals surface area (Å²) in [5.41, 5.74) is 1.56. The first-order valence-corrected chi connectivity index (χ1v) is 10.4. The molecule has 32 heavy (non-hydrogen) atoms. The first-order valence-electron chi connectivity index (χ1n) is 10.4. The van der Waals surface area contributed by atoms with E-state index in [1.54, 1.807) is 13.2 Å². The number of nitrogens with zero attached hydrogens (tertiary/aromatic N) is 2. The molecule has 1 saturated heterocycles. The number of ether oxygens (including phenoxy) is 1. The molecule has 4 rings (SSSR count). The number of carbonyl (C=O) groups excluding carboxylic acids is 1. The monoisotopic (exact) mass is 513 g/mol. The Morgan fingerprint density at radius 2 is 1.75 bits per heavy atom. The number of unbranched alkanes of at least 4 members (excludes halogenated alkanes) is 1. The number of methoxy groups -OCH3 is 1. The average molecular weight is 513 g/mol. The number of rotatable bonds is 8. The Hall–Kier alpha value is -2.43. The molecule has 0 saturated carbocycles. The second-order valence-electron chi connectivity index (χ2n) is 7.02. The molecule has 5 nitrogen and oxygen atoms in total. The Morgan fingerprint density at radius 3 is 2.38 bits per heavy atom. The summed E-state index contributed by atoms with van der Waals surface area (Å²) in [6.45, 7) is 5.85. The zero-order valence-electron chi connectivity index (χ0n) is 18.1. The molecule has 0 spiro atoms. The van der Waals surface area contributed by atoms with Gasteiger partial charge >= 0.3 is 0 Å². The molecule has 3 aromatic rings. The molecule has 1 amide bonds. The molecule has 1 fully saturated rings. The van der Waals surface area contributed by atoms with E-state index in [4.69, 9.17) is 4.74 Å². The summed E-state index contributed by atoms with van der Waals surface area (Å²) in [7, 11) is 1.72. The standard InChI is InChI=1S/C21H24N3O2.C5H.Ru/c1-26-20-11-5-4-10-19(20)24-16-14-23(15-17-24)13-7-6-12-22-21(25)18-8-2-3-9-18;1-2-4-5-3-1;/h4-5,10-11H,6-7,12-17H2,1H3,(H,22,25);1H;/q2*-5;. The van der Waals surface area contributed by atoms with Crippen molar-refractivity contribution in [1.82, 2.24) is 10.2 Å². The van der Waals surface area contributed by atoms with E-state index in [0.717, 1.165) is 51.3 Å². The van der Waals surface area contributed by atoms with Crippen molar-refractivity contribution in [3.63, 3.8) is 0 Å². The van der Waals surface area contributed by atoms with Crippen molar-refractivity contribution >= 4 is 11.6 Å². The maximum absolute atomic E-state index is 11.8. The van der Waals surface area contributed by atoms with Crippen molar-refractivity contribution in [1.29, 1.82) is 0 Å². The molecule has 1 aliphatic heterocycles. The van der Waals surface area contributed by atoms with Crippen LogP contribution in [0.15, 0.2) is 30.3 Å². The molecule has 3 aromatic carbocycles. The largest absolute Gasteiger partial charge is 0.999 e. The van der Waals surface area contributed by atoms with Crippen molar-refractivity contribution in [2.24, 2.45) is 0 Å². The topological polar surface area (TPSA) is 44.8 Å². The Morgan fingerprint density at radius 1 is 1.06 bits per heavy atom. The van der Waals surface area contributed by atoms with Crippen LogP contribution in [0.5, 0.6) is 5.75 Å². The number of anilines is 1. The SMILES string of the molecule is COc1ccccc1N1CCN(CCCCNC(=O)[c-]2[c-][c-][c-][c-]2)CC1.[Ru].[c-]1[c-][c-][cH-][c-]1. The van der Waals surface area contributed by atoms with Gasteiger partial charge in [-0.05, 0) is 38.1 Å². The summed E-state index contributed by atoms with van der Waals surface area (Å²) in [5, 5.41) is 2.88. The molecule has 0 unspecified atom stereocenters. The van der Waals surface area contributed by atoms with Gasteiger partial charge in [0.1, 0.15) is 5.75 Å². The minimum absolute atomic E-state index is 0. The smallest absolute Gasteiger partial charge is 0.142 e. The van der Waals surface area contributed by atoms with Gasteiger partial charge in [0.25, 0.3) is 0 Å².